The third-order valence-corrected chi connectivity index (χ3v) is 2.98. The molecular weight excluding hydrogens is 404 g/mol. The molecule has 0 fully saturated rings. The summed E-state index contributed by atoms with van der Waals surface area (Å²) < 4.78 is 19.5. The van der Waals surface area contributed by atoms with E-state index in [0.29, 0.717) is 6.42 Å². The summed E-state index contributed by atoms with van der Waals surface area (Å²) >= 11 is 0. The van der Waals surface area contributed by atoms with Crippen molar-refractivity contribution in [2.75, 3.05) is 19.8 Å². The van der Waals surface area contributed by atoms with Gasteiger partial charge in [-0.1, -0.05) is 56.9 Å². The molecule has 8 heteroatoms. The molecule has 0 saturated carbocycles. The monoisotopic (exact) mass is 452 g/mol. The average molecular weight is 453 g/mol. The van der Waals surface area contributed by atoms with Crippen LogP contribution in [0.4, 0.5) is 0 Å². The molecule has 0 saturated heterocycles. The topological polar surface area (TPSA) is 105 Å². The first-order valence-corrected chi connectivity index (χ1v) is 9.11. The van der Waals surface area contributed by atoms with E-state index in [1.165, 1.54) is 27.7 Å². The summed E-state index contributed by atoms with van der Waals surface area (Å²) in [5.74, 6) is -1.36. The van der Waals surface area contributed by atoms with E-state index in [4.69, 9.17) is 18.9 Å². The number of esters is 4. The highest BCUT2D eigenvalue weighted by Gasteiger charge is 2.22. The third-order valence-electron chi connectivity index (χ3n) is 2.98. The lowest BCUT2D eigenvalue weighted by Gasteiger charge is -2.25. The molecule has 0 rings (SSSR count). The summed E-state index contributed by atoms with van der Waals surface area (Å²) in [6.45, 7) is 15.9. The van der Waals surface area contributed by atoms with Crippen LogP contribution in [0, 0.1) is 10.8 Å². The maximum absolute atomic E-state index is 10.8. The van der Waals surface area contributed by atoms with Gasteiger partial charge in [0.2, 0.25) is 0 Å². The quantitative estimate of drug-likeness (QED) is 0.376. The number of ether oxygens (including phenoxy) is 4. The third kappa shape index (κ3) is 32.7. The second-order valence-electron chi connectivity index (χ2n) is 8.52. The molecule has 0 aromatic rings. The van der Waals surface area contributed by atoms with Gasteiger partial charge in [-0.05, 0) is 11.8 Å². The van der Waals surface area contributed by atoms with Crippen LogP contribution in [0.5, 0.6) is 0 Å². The number of hydrogen-bond acceptors (Lipinski definition) is 8. The Bertz CT molecular complexity index is 498. The summed E-state index contributed by atoms with van der Waals surface area (Å²) in [5.41, 5.74) is -0.294. The molecule has 0 radical (unpaired) electrons. The van der Waals surface area contributed by atoms with E-state index in [-0.39, 0.29) is 82.9 Å². The molecule has 0 bridgehead atoms. The van der Waals surface area contributed by atoms with E-state index >= 15 is 0 Å². The Hall–Kier alpha value is -2.12. The summed E-state index contributed by atoms with van der Waals surface area (Å²) in [6, 6.07) is 0. The summed E-state index contributed by atoms with van der Waals surface area (Å²) in [5, 5.41) is 0. The molecule has 31 heavy (non-hydrogen) atoms. The fraction of sp³-hybridized carbons (Fsp3) is 0.826. The summed E-state index contributed by atoms with van der Waals surface area (Å²) in [6.07, 6.45) is 0.311. The molecule has 0 aliphatic heterocycles. The molecule has 0 spiro atoms. The molecule has 0 aliphatic carbocycles. The largest absolute Gasteiger partial charge is 0.465 e. The first kappa shape index (κ1) is 39.4. The zero-order chi connectivity index (χ0) is 22.5. The minimum atomic E-state index is -0.360. The molecule has 1 unspecified atom stereocenters. The maximum atomic E-state index is 10.8. The molecule has 0 N–H and O–H groups in total. The van der Waals surface area contributed by atoms with Gasteiger partial charge in [0.25, 0.3) is 0 Å². The molecule has 0 aliphatic rings. The second kappa shape index (κ2) is 18.6. The van der Waals surface area contributed by atoms with Crippen LogP contribution in [-0.2, 0) is 38.1 Å². The zero-order valence-corrected chi connectivity index (χ0v) is 18.7. The lowest BCUT2D eigenvalue weighted by Crippen LogP contribution is -2.28. The summed E-state index contributed by atoms with van der Waals surface area (Å²) in [7, 11) is 0. The molecule has 8 nitrogen and oxygen atoms in total. The second-order valence-corrected chi connectivity index (χ2v) is 8.52. The Balaban J connectivity index is -0.000000134. The molecule has 188 valence electrons. The van der Waals surface area contributed by atoms with Crippen LogP contribution < -0.4 is 0 Å². The number of rotatable bonds is 8. The van der Waals surface area contributed by atoms with Crippen LogP contribution in [0.25, 0.3) is 0 Å². The Morgan fingerprint density at radius 1 is 0.645 bits per heavy atom. The van der Waals surface area contributed by atoms with Crippen LogP contribution in [0.3, 0.4) is 0 Å². The van der Waals surface area contributed by atoms with Gasteiger partial charge in [-0.3, -0.25) is 19.2 Å². The Kier molecular flexibility index (Phi) is 23.7. The van der Waals surface area contributed by atoms with Crippen LogP contribution >= 0.6 is 0 Å². The molecule has 0 aromatic heterocycles. The van der Waals surface area contributed by atoms with Crippen molar-refractivity contribution in [2.45, 2.75) is 97.1 Å². The number of carbonyl (C=O) groups excluding carboxylic acids is 4. The van der Waals surface area contributed by atoms with Gasteiger partial charge >= 0.3 is 23.9 Å². The van der Waals surface area contributed by atoms with Crippen LogP contribution in [0.2, 0.25) is 0 Å². The van der Waals surface area contributed by atoms with Crippen LogP contribution in [-0.4, -0.2) is 49.8 Å². The molecule has 0 heterocycles. The van der Waals surface area contributed by atoms with Gasteiger partial charge in [0.05, 0.1) is 13.2 Å². The highest BCUT2D eigenvalue weighted by atomic mass is 16.6. The van der Waals surface area contributed by atoms with Gasteiger partial charge in [0.15, 0.2) is 0 Å². The fourth-order valence-electron chi connectivity index (χ4n) is 1.90. The fourth-order valence-corrected chi connectivity index (χ4v) is 1.90. The highest BCUT2D eigenvalue weighted by Crippen LogP contribution is 2.22. The van der Waals surface area contributed by atoms with Gasteiger partial charge < -0.3 is 18.9 Å². The van der Waals surface area contributed by atoms with Crippen LogP contribution in [0.15, 0.2) is 0 Å². The van der Waals surface area contributed by atoms with Gasteiger partial charge in [-0.2, -0.15) is 0 Å². The van der Waals surface area contributed by atoms with Crippen molar-refractivity contribution in [1.29, 1.82) is 0 Å². The standard InChI is InChI=1S/C11H20O4.C9H16O4.3CH4/c1-8(12)14-7-10(15-9(2)13)6-11(3,4)5;1-7(10)12-5-9(3,4)6-13-8(2)11;;;/h10H,6-7H2,1-5H3;5-6H2,1-4H3;3*1H4. The molecule has 0 amide bonds. The van der Waals surface area contributed by atoms with E-state index in [0.717, 1.165) is 0 Å². The number of carbonyl (C=O) groups is 4. The lowest BCUT2D eigenvalue weighted by atomic mass is 9.89. The normalized spacial score (nSPS) is 10.9. The average Bonchev–Trinajstić information content (AvgIpc) is 2.47. The molecular formula is C23H48O8. The summed E-state index contributed by atoms with van der Waals surface area (Å²) in [4.78, 5) is 42.5. The van der Waals surface area contributed by atoms with Crippen molar-refractivity contribution < 1.29 is 38.1 Å². The van der Waals surface area contributed by atoms with E-state index in [2.05, 4.69) is 0 Å². The van der Waals surface area contributed by atoms with Crippen molar-refractivity contribution in [3.8, 4) is 0 Å². The first-order valence-electron chi connectivity index (χ1n) is 9.11. The molecule has 0 aromatic carbocycles. The van der Waals surface area contributed by atoms with Gasteiger partial charge in [0, 0.05) is 33.1 Å². The lowest BCUT2D eigenvalue weighted by molar-refractivity contribution is -0.157. The minimum Gasteiger partial charge on any atom is -0.465 e. The minimum absolute atomic E-state index is 0. The SMILES string of the molecule is C.C.C.CC(=O)OCC(C)(C)COC(C)=O.CC(=O)OCC(CC(C)(C)C)OC(C)=O. The van der Waals surface area contributed by atoms with E-state index in [1.54, 1.807) is 0 Å². The van der Waals surface area contributed by atoms with Gasteiger partial charge in [-0.25, -0.2) is 0 Å². The highest BCUT2D eigenvalue weighted by molar-refractivity contribution is 5.67. The Labute approximate surface area is 190 Å². The van der Waals surface area contributed by atoms with Gasteiger partial charge in [-0.15, -0.1) is 0 Å². The van der Waals surface area contributed by atoms with Crippen LogP contribution in [0.1, 0.15) is 91.0 Å². The zero-order valence-electron chi connectivity index (χ0n) is 18.7. The van der Waals surface area contributed by atoms with E-state index < -0.39 is 0 Å². The smallest absolute Gasteiger partial charge is 0.303 e. The maximum Gasteiger partial charge on any atom is 0.303 e. The Morgan fingerprint density at radius 2 is 1.00 bits per heavy atom. The predicted molar refractivity (Wildman–Crippen MR) is 123 cm³/mol. The number of hydrogen-bond donors (Lipinski definition) is 0. The van der Waals surface area contributed by atoms with Crippen molar-refractivity contribution in [3.05, 3.63) is 0 Å². The first-order chi connectivity index (χ1) is 12.5. The van der Waals surface area contributed by atoms with Crippen molar-refractivity contribution in [2.24, 2.45) is 10.8 Å². The van der Waals surface area contributed by atoms with E-state index in [1.807, 2.05) is 34.6 Å². The Morgan fingerprint density at radius 3 is 1.26 bits per heavy atom. The van der Waals surface area contributed by atoms with Crippen molar-refractivity contribution in [3.63, 3.8) is 0 Å². The molecule has 1 atom stereocenters. The van der Waals surface area contributed by atoms with Crippen molar-refractivity contribution >= 4 is 23.9 Å². The van der Waals surface area contributed by atoms with E-state index in [9.17, 15) is 19.2 Å². The predicted octanol–water partition coefficient (Wildman–Crippen LogP) is 4.96. The van der Waals surface area contributed by atoms with Crippen molar-refractivity contribution in [1.82, 2.24) is 0 Å². The van der Waals surface area contributed by atoms with Gasteiger partial charge in [0.1, 0.15) is 12.7 Å².